The Kier molecular flexibility index (Phi) is 3.40. The van der Waals surface area contributed by atoms with Crippen LogP contribution in [0.3, 0.4) is 0 Å². The van der Waals surface area contributed by atoms with Gasteiger partial charge in [0.25, 0.3) is 0 Å². The molecule has 0 aliphatic carbocycles. The SMILES string of the molecule is CCO[Se](=O)(=O)C(F)(F)C(F)(F)F. The molecule has 0 radical (unpaired) electrons. The van der Waals surface area contributed by atoms with Gasteiger partial charge in [0.1, 0.15) is 0 Å². The van der Waals surface area contributed by atoms with Crippen LogP contribution in [0.1, 0.15) is 6.92 Å². The standard InChI is InChI=1S/C4H5F5O3Se/c1-2-12-13(10,11)4(8,9)3(5,6)7/h2H2,1H3. The fourth-order valence-electron chi connectivity index (χ4n) is 0.371. The molecule has 0 unspecified atom stereocenters. The van der Waals surface area contributed by atoms with Gasteiger partial charge in [-0.3, -0.25) is 0 Å². The summed E-state index contributed by atoms with van der Waals surface area (Å²) in [7, 11) is 0. The van der Waals surface area contributed by atoms with Gasteiger partial charge in [0.05, 0.1) is 0 Å². The summed E-state index contributed by atoms with van der Waals surface area (Å²) in [6, 6.07) is 0. The molecule has 0 amide bonds. The van der Waals surface area contributed by atoms with Gasteiger partial charge in [0, 0.05) is 0 Å². The Morgan fingerprint density at radius 3 is 1.77 bits per heavy atom. The molecule has 0 saturated heterocycles. The molecule has 0 aromatic carbocycles. The first-order chi connectivity index (χ1) is 5.56. The number of halogens is 5. The van der Waals surface area contributed by atoms with Crippen molar-refractivity contribution >= 4 is 13.0 Å². The van der Waals surface area contributed by atoms with Crippen LogP contribution in [-0.4, -0.2) is 30.6 Å². The van der Waals surface area contributed by atoms with Crippen molar-refractivity contribution < 1.29 is 33.4 Å². The second kappa shape index (κ2) is 3.47. The second-order valence-corrected chi connectivity index (χ2v) is 5.35. The summed E-state index contributed by atoms with van der Waals surface area (Å²) < 4.78 is 82.5. The van der Waals surface area contributed by atoms with Gasteiger partial charge in [0.15, 0.2) is 0 Å². The minimum absolute atomic E-state index is 0.751. The van der Waals surface area contributed by atoms with E-state index in [1.165, 1.54) is 0 Å². The van der Waals surface area contributed by atoms with Crippen LogP contribution in [0.5, 0.6) is 0 Å². The topological polar surface area (TPSA) is 43.4 Å². The number of hydrogen-bond donors (Lipinski definition) is 0. The first-order valence-corrected chi connectivity index (χ1v) is 5.85. The third kappa shape index (κ3) is 2.35. The Balaban J connectivity index is 5.06. The van der Waals surface area contributed by atoms with E-state index in [4.69, 9.17) is 0 Å². The molecule has 0 fully saturated rings. The van der Waals surface area contributed by atoms with E-state index in [-0.39, 0.29) is 0 Å². The van der Waals surface area contributed by atoms with Crippen LogP contribution in [0.25, 0.3) is 0 Å². The summed E-state index contributed by atoms with van der Waals surface area (Å²) >= 11 is -6.71. The van der Waals surface area contributed by atoms with Crippen molar-refractivity contribution in [3.8, 4) is 0 Å². The monoisotopic (exact) mass is 276 g/mol. The molecule has 13 heavy (non-hydrogen) atoms. The number of hydrogen-bond acceptors (Lipinski definition) is 3. The van der Waals surface area contributed by atoms with Crippen LogP contribution >= 0.6 is 0 Å². The van der Waals surface area contributed by atoms with Gasteiger partial charge in [-0.1, -0.05) is 0 Å². The van der Waals surface area contributed by atoms with Crippen molar-refractivity contribution in [2.75, 3.05) is 6.61 Å². The molecule has 80 valence electrons. The van der Waals surface area contributed by atoms with E-state index >= 15 is 0 Å². The maximum absolute atomic E-state index is 12.1. The molecule has 0 rings (SSSR count). The Morgan fingerprint density at radius 1 is 1.15 bits per heavy atom. The van der Waals surface area contributed by atoms with E-state index in [0.29, 0.717) is 0 Å². The third-order valence-electron chi connectivity index (χ3n) is 0.917. The van der Waals surface area contributed by atoms with Crippen LogP contribution < -0.4 is 0 Å². The molecule has 0 heterocycles. The zero-order chi connectivity index (χ0) is 10.9. The summed E-state index contributed by atoms with van der Waals surface area (Å²) in [6.07, 6.45) is -6.13. The Bertz CT molecular complexity index is 266. The Labute approximate surface area is 71.8 Å². The summed E-state index contributed by atoms with van der Waals surface area (Å²) in [6.45, 7) is 0.243. The normalized spacial score (nSPS) is 14.6. The van der Waals surface area contributed by atoms with Crippen LogP contribution in [0, 0.1) is 0 Å². The van der Waals surface area contributed by atoms with Gasteiger partial charge >= 0.3 is 71.0 Å². The van der Waals surface area contributed by atoms with Crippen molar-refractivity contribution in [3.63, 3.8) is 0 Å². The summed E-state index contributed by atoms with van der Waals surface area (Å²) in [5, 5.41) is 0. The fraction of sp³-hybridized carbons (Fsp3) is 1.00. The molecule has 0 N–H and O–H groups in total. The van der Waals surface area contributed by atoms with Gasteiger partial charge in [-0.25, -0.2) is 0 Å². The predicted octanol–water partition coefficient (Wildman–Crippen LogP) is 1.56. The molecule has 0 aromatic rings. The van der Waals surface area contributed by atoms with E-state index in [1.807, 2.05) is 0 Å². The van der Waals surface area contributed by atoms with E-state index in [0.717, 1.165) is 6.92 Å². The minimum atomic E-state index is -6.71. The molecule has 0 aromatic heterocycles. The molecule has 0 saturated carbocycles. The summed E-state index contributed by atoms with van der Waals surface area (Å²) in [4.78, 5) is -5.79. The van der Waals surface area contributed by atoms with Crippen molar-refractivity contribution in [1.29, 1.82) is 0 Å². The molecule has 0 aliphatic heterocycles. The van der Waals surface area contributed by atoms with Crippen LogP contribution in [0.15, 0.2) is 0 Å². The summed E-state index contributed by atoms with van der Waals surface area (Å²) in [5.74, 6) is 0. The number of alkyl halides is 5. The van der Waals surface area contributed by atoms with Crippen molar-refractivity contribution in [3.05, 3.63) is 0 Å². The molecule has 3 nitrogen and oxygen atoms in total. The predicted molar refractivity (Wildman–Crippen MR) is 29.8 cm³/mol. The van der Waals surface area contributed by atoms with E-state index in [9.17, 15) is 29.6 Å². The first-order valence-electron chi connectivity index (χ1n) is 2.89. The van der Waals surface area contributed by atoms with Crippen LogP contribution in [0.2, 0.25) is 0 Å². The quantitative estimate of drug-likeness (QED) is 0.580. The molecular formula is C4H5F5O3Se. The Morgan fingerprint density at radius 2 is 1.54 bits per heavy atom. The van der Waals surface area contributed by atoms with Crippen molar-refractivity contribution in [2.45, 2.75) is 17.9 Å². The van der Waals surface area contributed by atoms with E-state index < -0.39 is 30.6 Å². The van der Waals surface area contributed by atoms with Crippen LogP contribution in [0.4, 0.5) is 22.0 Å². The van der Waals surface area contributed by atoms with Crippen molar-refractivity contribution in [1.82, 2.24) is 0 Å². The summed E-state index contributed by atoms with van der Waals surface area (Å²) in [5.41, 5.74) is 0. The molecule has 0 aliphatic rings. The molecule has 9 heteroatoms. The molecule has 0 atom stereocenters. The van der Waals surface area contributed by atoms with Gasteiger partial charge in [-0.05, 0) is 0 Å². The van der Waals surface area contributed by atoms with Crippen LogP contribution in [-0.2, 0) is 11.5 Å². The zero-order valence-electron chi connectivity index (χ0n) is 6.23. The maximum atomic E-state index is 12.1. The van der Waals surface area contributed by atoms with E-state index in [1.54, 1.807) is 0 Å². The third-order valence-corrected chi connectivity index (χ3v) is 3.87. The van der Waals surface area contributed by atoms with Gasteiger partial charge in [-0.15, -0.1) is 0 Å². The molecule has 0 spiro atoms. The first kappa shape index (κ1) is 12.7. The zero-order valence-corrected chi connectivity index (χ0v) is 7.94. The van der Waals surface area contributed by atoms with E-state index in [2.05, 4.69) is 3.82 Å². The molecule has 0 bridgehead atoms. The fourth-order valence-corrected chi connectivity index (χ4v) is 1.93. The van der Waals surface area contributed by atoms with Crippen molar-refractivity contribution in [2.24, 2.45) is 0 Å². The second-order valence-electron chi connectivity index (χ2n) is 1.88. The van der Waals surface area contributed by atoms with Gasteiger partial charge in [0.2, 0.25) is 0 Å². The number of rotatable bonds is 3. The van der Waals surface area contributed by atoms with Gasteiger partial charge in [-0.2, -0.15) is 0 Å². The average molecular weight is 275 g/mol. The molecular weight excluding hydrogens is 270 g/mol. The average Bonchev–Trinajstić information content (AvgIpc) is 1.84. The van der Waals surface area contributed by atoms with Gasteiger partial charge < -0.3 is 0 Å². The Hall–Kier alpha value is -0.271.